The molecule has 0 aliphatic heterocycles. The number of nitrogens with zero attached hydrogens (tertiary/aromatic N) is 3. The number of hydrogen-bond acceptors (Lipinski definition) is 4. The van der Waals surface area contributed by atoms with Crippen molar-refractivity contribution in [1.29, 1.82) is 0 Å². The minimum atomic E-state index is -3.21. The van der Waals surface area contributed by atoms with Gasteiger partial charge in [-0.05, 0) is 53.9 Å². The highest BCUT2D eigenvalue weighted by Crippen LogP contribution is 2.31. The highest BCUT2D eigenvalue weighted by atomic mass is 19.3. The van der Waals surface area contributed by atoms with Gasteiger partial charge >= 0.3 is 0 Å². The molecular formula is C27H20F7N5O2. The van der Waals surface area contributed by atoms with Crippen molar-refractivity contribution in [2.24, 2.45) is 5.73 Å². The number of primary amides is 1. The molecule has 2 aromatic heterocycles. The molecule has 2 amide bonds. The van der Waals surface area contributed by atoms with Crippen LogP contribution in [0, 0.1) is 17.5 Å². The van der Waals surface area contributed by atoms with Crippen molar-refractivity contribution in [3.05, 3.63) is 106 Å². The van der Waals surface area contributed by atoms with E-state index in [9.17, 15) is 40.3 Å². The maximum Gasteiger partial charge on any atom is 0.282 e. The van der Waals surface area contributed by atoms with Gasteiger partial charge in [0.1, 0.15) is 35.4 Å². The lowest BCUT2D eigenvalue weighted by molar-refractivity contribution is -0.122. The minimum absolute atomic E-state index is 0.0775. The van der Waals surface area contributed by atoms with Gasteiger partial charge in [-0.1, -0.05) is 12.1 Å². The van der Waals surface area contributed by atoms with E-state index in [4.69, 9.17) is 5.73 Å². The maximum atomic E-state index is 14.1. The number of alkyl halides is 4. The number of rotatable bonds is 10. The zero-order valence-corrected chi connectivity index (χ0v) is 20.8. The van der Waals surface area contributed by atoms with Crippen molar-refractivity contribution < 1.29 is 40.3 Å². The molecule has 214 valence electrons. The molecule has 7 nitrogen and oxygen atoms in total. The lowest BCUT2D eigenvalue weighted by Gasteiger charge is -2.22. The summed E-state index contributed by atoms with van der Waals surface area (Å²) >= 11 is 0. The molecule has 0 spiro atoms. The van der Waals surface area contributed by atoms with E-state index in [2.05, 4.69) is 15.4 Å². The van der Waals surface area contributed by atoms with Gasteiger partial charge in [0.25, 0.3) is 18.8 Å². The topological polar surface area (TPSA) is 103 Å². The molecule has 0 aliphatic carbocycles. The molecule has 0 unspecified atom stereocenters. The first-order valence-corrected chi connectivity index (χ1v) is 11.9. The van der Waals surface area contributed by atoms with Gasteiger partial charge in [0.15, 0.2) is 0 Å². The molecule has 2 aromatic carbocycles. The molecule has 0 fully saturated rings. The highest BCUT2D eigenvalue weighted by Gasteiger charge is 2.26. The summed E-state index contributed by atoms with van der Waals surface area (Å²) in [6, 6.07) is 8.43. The molecule has 41 heavy (non-hydrogen) atoms. The monoisotopic (exact) mass is 579 g/mol. The zero-order chi connectivity index (χ0) is 29.8. The summed E-state index contributed by atoms with van der Waals surface area (Å²) in [6.07, 6.45) is -5.31. The Morgan fingerprint density at radius 3 is 2.27 bits per heavy atom. The normalized spacial score (nSPS) is 12.1. The number of hydrogen-bond donors (Lipinski definition) is 2. The van der Waals surface area contributed by atoms with Gasteiger partial charge in [0.05, 0.1) is 17.3 Å². The summed E-state index contributed by atoms with van der Waals surface area (Å²) < 4.78 is 95.4. The smallest absolute Gasteiger partial charge is 0.282 e. The fourth-order valence-corrected chi connectivity index (χ4v) is 4.24. The Kier molecular flexibility index (Phi) is 8.69. The first-order chi connectivity index (χ1) is 19.4. The van der Waals surface area contributed by atoms with Gasteiger partial charge in [-0.15, -0.1) is 0 Å². The average Bonchev–Trinajstić information content (AvgIpc) is 3.32. The minimum Gasteiger partial charge on any atom is -0.366 e. The summed E-state index contributed by atoms with van der Waals surface area (Å²) in [5, 5.41) is 5.92. The number of aromatic nitrogens is 3. The van der Waals surface area contributed by atoms with Crippen molar-refractivity contribution in [3.8, 4) is 11.1 Å². The van der Waals surface area contributed by atoms with Crippen LogP contribution in [0.2, 0.25) is 0 Å². The molecule has 0 bridgehead atoms. The van der Waals surface area contributed by atoms with E-state index < -0.39 is 71.7 Å². The van der Waals surface area contributed by atoms with Crippen LogP contribution in [0.4, 0.5) is 30.7 Å². The van der Waals surface area contributed by atoms with E-state index in [0.29, 0.717) is 16.8 Å². The van der Waals surface area contributed by atoms with Crippen molar-refractivity contribution in [1.82, 2.24) is 20.1 Å². The average molecular weight is 579 g/mol. The van der Waals surface area contributed by atoms with Gasteiger partial charge in [-0.2, -0.15) is 5.10 Å². The Morgan fingerprint density at radius 1 is 0.927 bits per heavy atom. The second-order valence-electron chi connectivity index (χ2n) is 8.85. The Bertz CT molecular complexity index is 1570. The Labute approximate surface area is 227 Å². The summed E-state index contributed by atoms with van der Waals surface area (Å²) in [5.41, 5.74) is 3.65. The predicted octanol–water partition coefficient (Wildman–Crippen LogP) is 5.44. The van der Waals surface area contributed by atoms with E-state index in [-0.39, 0.29) is 28.8 Å². The van der Waals surface area contributed by atoms with Crippen molar-refractivity contribution >= 4 is 11.8 Å². The van der Waals surface area contributed by atoms with Crippen molar-refractivity contribution in [2.75, 3.05) is 0 Å². The molecule has 0 saturated heterocycles. The Hall–Kier alpha value is -4.75. The number of benzene rings is 2. The second kappa shape index (κ2) is 12.2. The van der Waals surface area contributed by atoms with E-state index >= 15 is 0 Å². The Morgan fingerprint density at radius 2 is 1.63 bits per heavy atom. The summed E-state index contributed by atoms with van der Waals surface area (Å²) in [7, 11) is 0. The number of halogens is 7. The van der Waals surface area contributed by atoms with Gasteiger partial charge in [0.2, 0.25) is 5.91 Å². The molecule has 3 N–H and O–H groups in total. The fraction of sp³-hybridized carbons (Fsp3) is 0.185. The number of nitrogens with one attached hydrogen (secondary N) is 1. The lowest BCUT2D eigenvalue weighted by Crippen LogP contribution is -2.34. The van der Waals surface area contributed by atoms with Crippen LogP contribution in [0.25, 0.3) is 11.1 Å². The number of nitrogens with two attached hydrogens (primary N) is 1. The SMILES string of the molecule is NC(=O)c1cc(-c2cccnc2[C@H](Cc2cc(F)cc(F)c2)NC(=O)Cn2nc(C(F)F)cc2C(F)F)ccc1F. The molecule has 0 aliphatic rings. The summed E-state index contributed by atoms with van der Waals surface area (Å²) in [4.78, 5) is 29.0. The first kappa shape index (κ1) is 29.2. The van der Waals surface area contributed by atoms with Gasteiger partial charge in [-0.3, -0.25) is 19.3 Å². The van der Waals surface area contributed by atoms with Crippen LogP contribution in [0.3, 0.4) is 0 Å². The molecular weight excluding hydrogens is 559 g/mol. The van der Waals surface area contributed by atoms with Crippen LogP contribution in [0.1, 0.15) is 51.9 Å². The van der Waals surface area contributed by atoms with Crippen LogP contribution in [-0.4, -0.2) is 26.6 Å². The standard InChI is InChI=1S/C27H20F7N5O2/c28-15-6-13(7-16(29)10-15)8-20(37-23(40)12-39-22(26(33)34)11-21(38-39)25(31)32)24-17(2-1-5-36-24)14-3-4-19(30)18(9-14)27(35)41/h1-7,9-11,20,25-26H,8,12H2,(H2,35,41)(H,37,40)/t20-/m0/s1. The molecule has 0 radical (unpaired) electrons. The molecule has 0 saturated carbocycles. The van der Waals surface area contributed by atoms with Crippen LogP contribution < -0.4 is 11.1 Å². The largest absolute Gasteiger partial charge is 0.366 e. The highest BCUT2D eigenvalue weighted by molar-refractivity contribution is 5.94. The molecule has 4 rings (SSSR count). The van der Waals surface area contributed by atoms with E-state index in [1.165, 1.54) is 24.4 Å². The maximum absolute atomic E-state index is 14.1. The van der Waals surface area contributed by atoms with Gasteiger partial charge < -0.3 is 11.1 Å². The third kappa shape index (κ3) is 6.88. The lowest BCUT2D eigenvalue weighted by atomic mass is 9.94. The number of carbonyl (C=O) groups is 2. The number of carbonyl (C=O) groups excluding carboxylic acids is 2. The molecule has 4 aromatic rings. The Balaban J connectivity index is 1.74. The van der Waals surface area contributed by atoms with E-state index in [1.807, 2.05) is 0 Å². The molecule has 1 atom stereocenters. The first-order valence-electron chi connectivity index (χ1n) is 11.9. The van der Waals surface area contributed by atoms with E-state index in [1.54, 1.807) is 0 Å². The van der Waals surface area contributed by atoms with Crippen LogP contribution in [-0.2, 0) is 17.8 Å². The zero-order valence-electron chi connectivity index (χ0n) is 20.8. The van der Waals surface area contributed by atoms with Gasteiger partial charge in [0, 0.05) is 17.8 Å². The summed E-state index contributed by atoms with van der Waals surface area (Å²) in [6.45, 7) is -0.898. The van der Waals surface area contributed by atoms with Crippen LogP contribution in [0.5, 0.6) is 0 Å². The molecule has 14 heteroatoms. The molecule has 2 heterocycles. The van der Waals surface area contributed by atoms with Crippen molar-refractivity contribution in [2.45, 2.75) is 31.9 Å². The third-order valence-corrected chi connectivity index (χ3v) is 5.98. The van der Waals surface area contributed by atoms with Crippen LogP contribution in [0.15, 0.2) is 60.8 Å². The van der Waals surface area contributed by atoms with Crippen LogP contribution >= 0.6 is 0 Å². The second-order valence-corrected chi connectivity index (χ2v) is 8.85. The predicted molar refractivity (Wildman–Crippen MR) is 131 cm³/mol. The number of amides is 2. The quantitative estimate of drug-likeness (QED) is 0.245. The number of pyridine rings is 1. The third-order valence-electron chi connectivity index (χ3n) is 5.98. The fourth-order valence-electron chi connectivity index (χ4n) is 4.24. The summed E-state index contributed by atoms with van der Waals surface area (Å²) in [5.74, 6) is -4.72. The van der Waals surface area contributed by atoms with Gasteiger partial charge in [-0.25, -0.2) is 30.7 Å². The van der Waals surface area contributed by atoms with Crippen molar-refractivity contribution in [3.63, 3.8) is 0 Å². The van der Waals surface area contributed by atoms with E-state index in [0.717, 1.165) is 24.3 Å².